The van der Waals surface area contributed by atoms with Gasteiger partial charge in [-0.15, -0.1) is 0 Å². The molecular weight excluding hydrogens is 450 g/mol. The van der Waals surface area contributed by atoms with Gasteiger partial charge in [0.05, 0.1) is 24.5 Å². The summed E-state index contributed by atoms with van der Waals surface area (Å²) in [6, 6.07) is 29.3. The molecule has 6 rings (SSSR count). The number of hydrogen-bond donors (Lipinski definition) is 1. The minimum atomic E-state index is -0.399. The Balaban J connectivity index is 1.48. The van der Waals surface area contributed by atoms with Gasteiger partial charge in [0, 0.05) is 29.1 Å². The van der Waals surface area contributed by atoms with E-state index in [4.69, 9.17) is 4.42 Å². The molecular formula is C30H25N3O3. The Kier molecular flexibility index (Phi) is 5.41. The average molecular weight is 476 g/mol. The lowest BCUT2D eigenvalue weighted by atomic mass is 9.93. The molecule has 1 N–H and O–H groups in total. The van der Waals surface area contributed by atoms with Gasteiger partial charge in [0.15, 0.2) is 0 Å². The molecule has 0 spiro atoms. The van der Waals surface area contributed by atoms with Crippen LogP contribution in [0, 0.1) is 0 Å². The molecule has 5 aromatic rings. The number of rotatable bonds is 6. The average Bonchev–Trinajstić information content (AvgIpc) is 3.60. The number of aryl methyl sites for hydroxylation is 1. The molecule has 0 saturated carbocycles. The standard InChI is InChI=1S/C30H25N3O3/c1-32-25-16-8-7-15-24(25)27(28(32)20-10-3-2-4-11-20)29-22-13-5-6-14-23(22)30(35)33(29)19-26(34)31-18-21-12-9-17-36-21/h2-17,29H,18-19H2,1H3,(H,31,34)/t29-/m1/s1. The molecule has 6 heteroatoms. The van der Waals surface area contributed by atoms with Crippen molar-refractivity contribution in [3.05, 3.63) is 120 Å². The molecule has 0 unspecified atom stereocenters. The zero-order valence-corrected chi connectivity index (χ0v) is 19.8. The molecule has 1 aliphatic heterocycles. The van der Waals surface area contributed by atoms with Crippen LogP contribution in [0.3, 0.4) is 0 Å². The lowest BCUT2D eigenvalue weighted by Gasteiger charge is -2.26. The molecule has 6 nitrogen and oxygen atoms in total. The van der Waals surface area contributed by atoms with Crippen molar-refractivity contribution >= 4 is 22.7 Å². The molecule has 0 radical (unpaired) electrons. The number of amides is 2. The summed E-state index contributed by atoms with van der Waals surface area (Å²) in [5.74, 6) is 0.283. The van der Waals surface area contributed by atoms with E-state index in [1.807, 2.05) is 60.7 Å². The van der Waals surface area contributed by atoms with Crippen molar-refractivity contribution in [3.63, 3.8) is 0 Å². The topological polar surface area (TPSA) is 67.5 Å². The van der Waals surface area contributed by atoms with Crippen LogP contribution >= 0.6 is 0 Å². The van der Waals surface area contributed by atoms with Crippen LogP contribution in [0.1, 0.15) is 33.3 Å². The third kappa shape index (κ3) is 3.58. The SMILES string of the molecule is Cn1c(-c2ccccc2)c([C@H]2c3ccccc3C(=O)N2CC(=O)NCc2ccco2)c2ccccc21. The van der Waals surface area contributed by atoms with Crippen LogP contribution in [0.4, 0.5) is 0 Å². The second-order valence-corrected chi connectivity index (χ2v) is 8.98. The van der Waals surface area contributed by atoms with Gasteiger partial charge >= 0.3 is 0 Å². The number of benzene rings is 3. The van der Waals surface area contributed by atoms with E-state index < -0.39 is 6.04 Å². The van der Waals surface area contributed by atoms with Crippen LogP contribution in [0.15, 0.2) is 102 Å². The molecule has 3 aromatic carbocycles. The number of nitrogens with one attached hydrogen (secondary N) is 1. The van der Waals surface area contributed by atoms with E-state index in [1.54, 1.807) is 17.2 Å². The fourth-order valence-corrected chi connectivity index (χ4v) is 5.30. The predicted octanol–water partition coefficient (Wildman–Crippen LogP) is 5.30. The maximum absolute atomic E-state index is 13.7. The number of para-hydroxylation sites is 1. The first kappa shape index (κ1) is 21.9. The second kappa shape index (κ2) is 8.89. The molecule has 178 valence electrons. The molecule has 2 aromatic heterocycles. The van der Waals surface area contributed by atoms with Crippen LogP contribution in [0.25, 0.3) is 22.2 Å². The van der Waals surface area contributed by atoms with Gasteiger partial charge in [0.25, 0.3) is 5.91 Å². The van der Waals surface area contributed by atoms with Crippen LogP contribution in [0.5, 0.6) is 0 Å². The normalized spacial score (nSPS) is 14.9. The molecule has 1 atom stereocenters. The minimum absolute atomic E-state index is 0.0592. The molecule has 0 aliphatic carbocycles. The summed E-state index contributed by atoms with van der Waals surface area (Å²) in [5, 5.41) is 3.95. The highest BCUT2D eigenvalue weighted by Gasteiger charge is 2.41. The third-order valence-electron chi connectivity index (χ3n) is 6.88. The molecule has 36 heavy (non-hydrogen) atoms. The van der Waals surface area contributed by atoms with Crippen molar-refractivity contribution in [2.75, 3.05) is 6.54 Å². The maximum Gasteiger partial charge on any atom is 0.255 e. The van der Waals surface area contributed by atoms with E-state index in [-0.39, 0.29) is 24.9 Å². The summed E-state index contributed by atoms with van der Waals surface area (Å²) in [7, 11) is 2.05. The van der Waals surface area contributed by atoms with Crippen LogP contribution in [-0.2, 0) is 18.4 Å². The molecule has 0 fully saturated rings. The maximum atomic E-state index is 13.7. The lowest BCUT2D eigenvalue weighted by Crippen LogP contribution is -2.39. The summed E-state index contributed by atoms with van der Waals surface area (Å²) in [4.78, 5) is 28.4. The summed E-state index contributed by atoms with van der Waals surface area (Å²) >= 11 is 0. The number of hydrogen-bond acceptors (Lipinski definition) is 3. The fraction of sp³-hybridized carbons (Fsp3) is 0.133. The highest BCUT2D eigenvalue weighted by molar-refractivity contribution is 6.03. The fourth-order valence-electron chi connectivity index (χ4n) is 5.30. The van der Waals surface area contributed by atoms with E-state index in [9.17, 15) is 9.59 Å². The van der Waals surface area contributed by atoms with Crippen molar-refractivity contribution in [1.82, 2.24) is 14.8 Å². The Hall–Kier alpha value is -4.58. The van der Waals surface area contributed by atoms with Crippen molar-refractivity contribution < 1.29 is 14.0 Å². The monoisotopic (exact) mass is 475 g/mol. The van der Waals surface area contributed by atoms with Crippen molar-refractivity contribution in [3.8, 4) is 11.3 Å². The summed E-state index contributed by atoms with van der Waals surface area (Å²) in [6.07, 6.45) is 1.57. The van der Waals surface area contributed by atoms with E-state index in [0.29, 0.717) is 11.3 Å². The highest BCUT2D eigenvalue weighted by Crippen LogP contribution is 2.46. The minimum Gasteiger partial charge on any atom is -0.467 e. The van der Waals surface area contributed by atoms with E-state index in [2.05, 4.69) is 41.2 Å². The van der Waals surface area contributed by atoms with Gasteiger partial charge in [0.1, 0.15) is 12.3 Å². The third-order valence-corrected chi connectivity index (χ3v) is 6.88. The highest BCUT2D eigenvalue weighted by atomic mass is 16.3. The van der Waals surface area contributed by atoms with Crippen molar-refractivity contribution in [2.45, 2.75) is 12.6 Å². The number of fused-ring (bicyclic) bond motifs is 2. The summed E-state index contributed by atoms with van der Waals surface area (Å²) in [6.45, 7) is 0.214. The second-order valence-electron chi connectivity index (χ2n) is 8.98. The zero-order chi connectivity index (χ0) is 24.6. The molecule has 2 amide bonds. The summed E-state index contributed by atoms with van der Waals surface area (Å²) < 4.78 is 7.51. The summed E-state index contributed by atoms with van der Waals surface area (Å²) in [5.41, 5.74) is 5.74. The van der Waals surface area contributed by atoms with Gasteiger partial charge in [-0.05, 0) is 35.4 Å². The number of nitrogens with zero attached hydrogens (tertiary/aromatic N) is 2. The van der Waals surface area contributed by atoms with Gasteiger partial charge < -0.3 is 19.2 Å². The number of carbonyl (C=O) groups excluding carboxylic acids is 2. The predicted molar refractivity (Wildman–Crippen MR) is 138 cm³/mol. The molecule has 1 aliphatic rings. The van der Waals surface area contributed by atoms with Crippen LogP contribution < -0.4 is 5.32 Å². The molecule has 3 heterocycles. The number of aromatic nitrogens is 1. The lowest BCUT2D eigenvalue weighted by molar-refractivity contribution is -0.122. The first-order valence-corrected chi connectivity index (χ1v) is 11.9. The first-order chi connectivity index (χ1) is 17.6. The Morgan fingerprint density at radius 3 is 2.47 bits per heavy atom. The Morgan fingerprint density at radius 2 is 1.67 bits per heavy atom. The van der Waals surface area contributed by atoms with Gasteiger partial charge in [-0.1, -0.05) is 66.7 Å². The van der Waals surface area contributed by atoms with Crippen LogP contribution in [0.2, 0.25) is 0 Å². The van der Waals surface area contributed by atoms with E-state index >= 15 is 0 Å². The largest absolute Gasteiger partial charge is 0.467 e. The van der Waals surface area contributed by atoms with Gasteiger partial charge in [-0.2, -0.15) is 0 Å². The first-order valence-electron chi connectivity index (χ1n) is 11.9. The van der Waals surface area contributed by atoms with Gasteiger partial charge in [-0.3, -0.25) is 9.59 Å². The Labute approximate surface area is 208 Å². The molecule has 0 bridgehead atoms. The Morgan fingerprint density at radius 1 is 0.917 bits per heavy atom. The number of furan rings is 1. The van der Waals surface area contributed by atoms with Gasteiger partial charge in [-0.25, -0.2) is 0 Å². The van der Waals surface area contributed by atoms with Crippen molar-refractivity contribution in [1.29, 1.82) is 0 Å². The van der Waals surface area contributed by atoms with Gasteiger partial charge in [0.2, 0.25) is 5.91 Å². The van der Waals surface area contributed by atoms with E-state index in [0.717, 1.165) is 33.3 Å². The van der Waals surface area contributed by atoms with Crippen LogP contribution in [-0.4, -0.2) is 27.8 Å². The Bertz CT molecular complexity index is 1570. The van der Waals surface area contributed by atoms with Crippen molar-refractivity contribution in [2.24, 2.45) is 7.05 Å². The molecule has 0 saturated heterocycles. The van der Waals surface area contributed by atoms with E-state index in [1.165, 1.54) is 0 Å². The number of carbonyl (C=O) groups is 2. The smallest absolute Gasteiger partial charge is 0.255 e. The quantitative estimate of drug-likeness (QED) is 0.362. The zero-order valence-electron chi connectivity index (χ0n) is 19.8.